The van der Waals surface area contributed by atoms with Crippen molar-refractivity contribution >= 4 is 11.5 Å². The molecule has 4 heteroatoms. The second-order valence-corrected chi connectivity index (χ2v) is 4.55. The fraction of sp³-hybridized carbons (Fsp3) is 0.636. The van der Waals surface area contributed by atoms with Gasteiger partial charge in [0.2, 0.25) is 0 Å². The topological polar surface area (TPSA) is 37.8 Å². The highest BCUT2D eigenvalue weighted by Crippen LogP contribution is 2.28. The van der Waals surface area contributed by atoms with E-state index < -0.39 is 0 Å². The third-order valence-electron chi connectivity index (χ3n) is 2.33. The number of nitrogens with zero attached hydrogens (tertiary/aromatic N) is 2. The van der Waals surface area contributed by atoms with Gasteiger partial charge in [-0.1, -0.05) is 18.3 Å². The summed E-state index contributed by atoms with van der Waals surface area (Å²) in [5.41, 5.74) is 1.09. The van der Waals surface area contributed by atoms with Gasteiger partial charge >= 0.3 is 0 Å². The van der Waals surface area contributed by atoms with Crippen LogP contribution in [0.25, 0.3) is 0 Å². The Morgan fingerprint density at radius 2 is 2.27 bits per heavy atom. The predicted molar refractivity (Wildman–Crippen MR) is 63.9 cm³/mol. The van der Waals surface area contributed by atoms with E-state index in [9.17, 15) is 0 Å². The summed E-state index contributed by atoms with van der Waals surface area (Å²) >= 11 is 1.47. The minimum atomic E-state index is 0.290. The van der Waals surface area contributed by atoms with Crippen LogP contribution in [0.5, 0.6) is 0 Å². The average Bonchev–Trinajstić information content (AvgIpc) is 2.68. The van der Waals surface area contributed by atoms with E-state index in [1.54, 1.807) is 0 Å². The zero-order valence-electron chi connectivity index (χ0n) is 9.45. The monoisotopic (exact) mass is 223 g/mol. The van der Waals surface area contributed by atoms with Crippen LogP contribution in [0.3, 0.4) is 0 Å². The fourth-order valence-electron chi connectivity index (χ4n) is 1.48. The van der Waals surface area contributed by atoms with Crippen LogP contribution >= 0.6 is 11.5 Å². The standard InChI is InChI=1S/C11H17N3S/c1-5-6-7-9(12-4)11-10(8(2)3)13-14-15-11/h1,8-9,12H,6-7H2,2-4H3. The molecular weight excluding hydrogens is 206 g/mol. The highest BCUT2D eigenvalue weighted by molar-refractivity contribution is 7.05. The third kappa shape index (κ3) is 3.01. The van der Waals surface area contributed by atoms with Crippen molar-refractivity contribution in [3.05, 3.63) is 10.6 Å². The van der Waals surface area contributed by atoms with Gasteiger partial charge in [-0.25, -0.2) is 0 Å². The van der Waals surface area contributed by atoms with E-state index in [1.807, 2.05) is 7.05 Å². The van der Waals surface area contributed by atoms with Crippen molar-refractivity contribution < 1.29 is 0 Å². The summed E-state index contributed by atoms with van der Waals surface area (Å²) in [5.74, 6) is 3.08. The first-order chi connectivity index (χ1) is 7.20. The highest BCUT2D eigenvalue weighted by atomic mass is 32.1. The Morgan fingerprint density at radius 1 is 1.53 bits per heavy atom. The molecule has 0 saturated carbocycles. The summed E-state index contributed by atoms with van der Waals surface area (Å²) in [6, 6.07) is 0.290. The first-order valence-electron chi connectivity index (χ1n) is 5.13. The molecule has 0 radical (unpaired) electrons. The lowest BCUT2D eigenvalue weighted by molar-refractivity contribution is 0.557. The summed E-state index contributed by atoms with van der Waals surface area (Å²) in [4.78, 5) is 1.22. The Bertz CT molecular complexity index is 338. The van der Waals surface area contributed by atoms with E-state index in [-0.39, 0.29) is 0 Å². The molecule has 0 amide bonds. The molecule has 0 saturated heterocycles. The Kier molecular flexibility index (Phi) is 4.73. The van der Waals surface area contributed by atoms with Gasteiger partial charge in [0, 0.05) is 12.5 Å². The molecule has 0 spiro atoms. The summed E-state index contributed by atoms with van der Waals surface area (Å²) in [5, 5.41) is 7.44. The van der Waals surface area contributed by atoms with Crippen LogP contribution in [0.4, 0.5) is 0 Å². The van der Waals surface area contributed by atoms with Gasteiger partial charge in [-0.15, -0.1) is 17.4 Å². The van der Waals surface area contributed by atoms with Crippen molar-refractivity contribution in [3.63, 3.8) is 0 Å². The van der Waals surface area contributed by atoms with Gasteiger partial charge in [0.1, 0.15) is 0 Å². The van der Waals surface area contributed by atoms with Crippen molar-refractivity contribution in [2.45, 2.75) is 38.6 Å². The molecule has 15 heavy (non-hydrogen) atoms. The lowest BCUT2D eigenvalue weighted by Gasteiger charge is -2.14. The first-order valence-corrected chi connectivity index (χ1v) is 5.90. The Labute approximate surface area is 95.5 Å². The summed E-state index contributed by atoms with van der Waals surface area (Å²) in [6.45, 7) is 4.27. The lowest BCUT2D eigenvalue weighted by atomic mass is 10.0. The lowest BCUT2D eigenvalue weighted by Crippen LogP contribution is -2.16. The van der Waals surface area contributed by atoms with Crippen LogP contribution in [0.1, 0.15) is 49.2 Å². The first kappa shape index (κ1) is 12.2. The zero-order valence-corrected chi connectivity index (χ0v) is 10.3. The molecule has 0 aromatic carbocycles. The molecule has 0 aliphatic carbocycles. The smallest absolute Gasteiger partial charge is 0.0829 e. The quantitative estimate of drug-likeness (QED) is 0.779. The molecule has 0 aliphatic rings. The number of terminal acetylenes is 1. The predicted octanol–water partition coefficient (Wildman–Crippen LogP) is 2.34. The van der Waals surface area contributed by atoms with Crippen molar-refractivity contribution in [1.82, 2.24) is 14.9 Å². The van der Waals surface area contributed by atoms with Crippen LogP contribution in [0.15, 0.2) is 0 Å². The van der Waals surface area contributed by atoms with Crippen molar-refractivity contribution in [1.29, 1.82) is 0 Å². The molecule has 1 heterocycles. The van der Waals surface area contributed by atoms with Crippen LogP contribution in [-0.4, -0.2) is 16.6 Å². The SMILES string of the molecule is C#CCCC(NC)c1snnc1C(C)C. The van der Waals surface area contributed by atoms with Crippen LogP contribution in [0, 0.1) is 12.3 Å². The molecule has 1 atom stereocenters. The highest BCUT2D eigenvalue weighted by Gasteiger charge is 2.19. The van der Waals surface area contributed by atoms with E-state index in [2.05, 4.69) is 34.7 Å². The third-order valence-corrected chi connectivity index (χ3v) is 3.18. The van der Waals surface area contributed by atoms with E-state index in [4.69, 9.17) is 6.42 Å². The second-order valence-electron chi connectivity index (χ2n) is 3.76. The Balaban J connectivity index is 2.82. The molecular formula is C11H17N3S. The molecule has 0 bridgehead atoms. The van der Waals surface area contributed by atoms with Gasteiger partial charge < -0.3 is 5.32 Å². The van der Waals surface area contributed by atoms with E-state index in [0.29, 0.717) is 12.0 Å². The minimum absolute atomic E-state index is 0.290. The maximum absolute atomic E-state index is 5.28. The molecule has 0 aliphatic heterocycles. The van der Waals surface area contributed by atoms with Gasteiger partial charge in [-0.05, 0) is 30.9 Å². The summed E-state index contributed by atoms with van der Waals surface area (Å²) < 4.78 is 4.02. The number of hydrogen-bond donors (Lipinski definition) is 1. The molecule has 82 valence electrons. The minimum Gasteiger partial charge on any atom is -0.312 e. The normalized spacial score (nSPS) is 12.7. The van der Waals surface area contributed by atoms with E-state index >= 15 is 0 Å². The van der Waals surface area contributed by atoms with Gasteiger partial charge in [0.25, 0.3) is 0 Å². The maximum atomic E-state index is 5.28. The van der Waals surface area contributed by atoms with Gasteiger partial charge in [-0.3, -0.25) is 0 Å². The van der Waals surface area contributed by atoms with Crippen molar-refractivity contribution in [2.24, 2.45) is 0 Å². The molecule has 1 N–H and O–H groups in total. The van der Waals surface area contributed by atoms with Crippen LogP contribution in [-0.2, 0) is 0 Å². The number of aromatic nitrogens is 2. The zero-order chi connectivity index (χ0) is 11.3. The fourth-order valence-corrected chi connectivity index (χ4v) is 2.43. The number of hydrogen-bond acceptors (Lipinski definition) is 4. The summed E-state index contributed by atoms with van der Waals surface area (Å²) in [7, 11) is 1.95. The Morgan fingerprint density at radius 3 is 2.80 bits per heavy atom. The molecule has 1 unspecified atom stereocenters. The molecule has 1 aromatic heterocycles. The van der Waals surface area contributed by atoms with Crippen molar-refractivity contribution in [3.8, 4) is 12.3 Å². The van der Waals surface area contributed by atoms with Crippen molar-refractivity contribution in [2.75, 3.05) is 7.05 Å². The van der Waals surface area contributed by atoms with E-state index in [0.717, 1.165) is 18.5 Å². The van der Waals surface area contributed by atoms with Crippen LogP contribution < -0.4 is 5.32 Å². The molecule has 0 fully saturated rings. The maximum Gasteiger partial charge on any atom is 0.0829 e. The largest absolute Gasteiger partial charge is 0.312 e. The average molecular weight is 223 g/mol. The van der Waals surface area contributed by atoms with Gasteiger partial charge in [-0.2, -0.15) is 0 Å². The molecule has 1 aromatic rings. The van der Waals surface area contributed by atoms with Crippen LogP contribution in [0.2, 0.25) is 0 Å². The number of nitrogens with one attached hydrogen (secondary N) is 1. The molecule has 3 nitrogen and oxygen atoms in total. The van der Waals surface area contributed by atoms with E-state index in [1.165, 1.54) is 16.4 Å². The second kappa shape index (κ2) is 5.84. The summed E-state index contributed by atoms with van der Waals surface area (Å²) in [6.07, 6.45) is 7.00. The van der Waals surface area contributed by atoms with Gasteiger partial charge in [0.15, 0.2) is 0 Å². The Hall–Kier alpha value is -0.920. The number of rotatable bonds is 5. The molecule has 1 rings (SSSR count). The van der Waals surface area contributed by atoms with Gasteiger partial charge in [0.05, 0.1) is 10.6 Å².